The molecule has 132 valence electrons. The lowest BCUT2D eigenvalue weighted by atomic mass is 9.82. The van der Waals surface area contributed by atoms with Crippen molar-refractivity contribution in [1.29, 1.82) is 0 Å². The minimum absolute atomic E-state index is 0.318. The van der Waals surface area contributed by atoms with Gasteiger partial charge in [0.05, 0.1) is 11.7 Å². The Labute approximate surface area is 140 Å². The monoisotopic (exact) mass is 323 g/mol. The summed E-state index contributed by atoms with van der Waals surface area (Å²) in [7, 11) is 0. The molecule has 5 atom stereocenters. The van der Waals surface area contributed by atoms with Crippen LogP contribution in [-0.2, 0) is 0 Å². The van der Waals surface area contributed by atoms with Crippen LogP contribution in [0.25, 0.3) is 0 Å². The molecule has 2 fully saturated rings. The van der Waals surface area contributed by atoms with Crippen molar-refractivity contribution in [2.24, 2.45) is 5.92 Å². The van der Waals surface area contributed by atoms with Gasteiger partial charge < -0.3 is 15.3 Å². The Morgan fingerprint density at radius 1 is 1.39 bits per heavy atom. The van der Waals surface area contributed by atoms with Crippen molar-refractivity contribution in [2.45, 2.75) is 77.2 Å². The maximum atomic E-state index is 10.7. The topological polar surface area (TPSA) is 63.9 Å². The Morgan fingerprint density at radius 3 is 2.74 bits per heavy atom. The van der Waals surface area contributed by atoms with E-state index in [9.17, 15) is 15.3 Å². The molecule has 2 aliphatic rings. The first-order chi connectivity index (χ1) is 10.7. The summed E-state index contributed by atoms with van der Waals surface area (Å²) in [5.74, 6) is 0.358. The number of hydrogen-bond acceptors (Lipinski definition) is 4. The molecular weight excluding hydrogens is 290 g/mol. The fourth-order valence-corrected chi connectivity index (χ4v) is 4.07. The molecule has 4 nitrogen and oxygen atoms in total. The van der Waals surface area contributed by atoms with Crippen molar-refractivity contribution in [3.63, 3.8) is 0 Å². The van der Waals surface area contributed by atoms with E-state index in [1.807, 2.05) is 19.9 Å². The normalized spacial score (nSPS) is 35.2. The van der Waals surface area contributed by atoms with E-state index in [2.05, 4.69) is 17.9 Å². The minimum atomic E-state index is -0.782. The van der Waals surface area contributed by atoms with Crippen molar-refractivity contribution in [3.05, 3.63) is 23.3 Å². The van der Waals surface area contributed by atoms with Crippen molar-refractivity contribution in [2.75, 3.05) is 13.1 Å². The van der Waals surface area contributed by atoms with E-state index in [-0.39, 0.29) is 0 Å². The van der Waals surface area contributed by atoms with Crippen molar-refractivity contribution < 1.29 is 15.3 Å². The summed E-state index contributed by atoms with van der Waals surface area (Å²) < 4.78 is 0. The van der Waals surface area contributed by atoms with Gasteiger partial charge in [-0.2, -0.15) is 0 Å². The average Bonchev–Trinajstić information content (AvgIpc) is 2.92. The number of aliphatic hydroxyl groups is 3. The lowest BCUT2D eigenvalue weighted by Crippen LogP contribution is -2.52. The van der Waals surface area contributed by atoms with Crippen molar-refractivity contribution >= 4 is 0 Å². The van der Waals surface area contributed by atoms with Gasteiger partial charge in [-0.05, 0) is 64.5 Å². The number of fused-ring (bicyclic) bond motifs is 1. The molecular formula is C19H33NO3. The van der Waals surface area contributed by atoms with Crippen LogP contribution in [0.4, 0.5) is 0 Å². The smallest absolute Gasteiger partial charge is 0.100 e. The fraction of sp³-hybridized carbons (Fsp3) is 0.789. The van der Waals surface area contributed by atoms with Gasteiger partial charge in [0.15, 0.2) is 0 Å². The quantitative estimate of drug-likeness (QED) is 0.679. The highest BCUT2D eigenvalue weighted by atomic mass is 16.3. The zero-order valence-electron chi connectivity index (χ0n) is 15.0. The molecule has 2 rings (SSSR count). The molecule has 4 heteroatoms. The third-order valence-electron chi connectivity index (χ3n) is 5.33. The van der Waals surface area contributed by atoms with Crippen molar-refractivity contribution in [1.82, 2.24) is 4.90 Å². The number of hydrogen-bond donors (Lipinski definition) is 3. The predicted molar refractivity (Wildman–Crippen MR) is 93.1 cm³/mol. The first-order valence-corrected chi connectivity index (χ1v) is 8.89. The molecule has 0 radical (unpaired) electrons. The Hall–Kier alpha value is -0.680. The molecule has 3 N–H and O–H groups in total. The van der Waals surface area contributed by atoms with Crippen LogP contribution < -0.4 is 0 Å². The van der Waals surface area contributed by atoms with Gasteiger partial charge in [-0.25, -0.2) is 0 Å². The molecule has 2 saturated heterocycles. The van der Waals surface area contributed by atoms with E-state index in [4.69, 9.17) is 0 Å². The molecule has 0 aromatic heterocycles. The number of nitrogens with zero attached hydrogens (tertiary/aromatic N) is 1. The summed E-state index contributed by atoms with van der Waals surface area (Å²) >= 11 is 0. The number of piperidine rings is 1. The minimum Gasteiger partial charge on any atom is -0.390 e. The van der Waals surface area contributed by atoms with Crippen LogP contribution in [0, 0.1) is 5.92 Å². The van der Waals surface area contributed by atoms with Crippen LogP contribution in [0.1, 0.15) is 53.4 Å². The van der Waals surface area contributed by atoms with Gasteiger partial charge in [-0.15, -0.1) is 0 Å². The Bertz CT molecular complexity index is 467. The van der Waals surface area contributed by atoms with Gasteiger partial charge in [0, 0.05) is 12.6 Å². The lowest BCUT2D eigenvalue weighted by Gasteiger charge is -2.43. The second-order valence-corrected chi connectivity index (χ2v) is 7.83. The molecule has 0 aromatic carbocycles. The molecule has 2 heterocycles. The summed E-state index contributed by atoms with van der Waals surface area (Å²) in [5.41, 5.74) is 1.53. The summed E-state index contributed by atoms with van der Waals surface area (Å²) in [6, 6.07) is 0.318. The van der Waals surface area contributed by atoms with Gasteiger partial charge in [0.2, 0.25) is 0 Å². The second kappa shape index (κ2) is 7.47. The summed E-state index contributed by atoms with van der Waals surface area (Å²) in [5, 5.41) is 30.0. The highest BCUT2D eigenvalue weighted by molar-refractivity contribution is 5.18. The van der Waals surface area contributed by atoms with Crippen molar-refractivity contribution in [3.8, 4) is 0 Å². The summed E-state index contributed by atoms with van der Waals surface area (Å²) in [6.07, 6.45) is 6.66. The predicted octanol–water partition coefficient (Wildman–Crippen LogP) is 2.25. The Balaban J connectivity index is 1.97. The van der Waals surface area contributed by atoms with Crippen LogP contribution in [0.3, 0.4) is 0 Å². The first-order valence-electron chi connectivity index (χ1n) is 8.89. The lowest BCUT2D eigenvalue weighted by molar-refractivity contribution is -0.0330. The van der Waals surface area contributed by atoms with Crippen LogP contribution in [0.15, 0.2) is 23.3 Å². The zero-order chi connectivity index (χ0) is 17.2. The zero-order valence-corrected chi connectivity index (χ0v) is 15.0. The SMILES string of the molecule is C/C(=C\C[C@H](C)/C=C1\CN2CCC[C@H]2[C@@](C)(O)C1)[C@@H](O)[C@@H](C)O. The molecule has 0 aliphatic carbocycles. The van der Waals surface area contributed by atoms with E-state index < -0.39 is 17.8 Å². The summed E-state index contributed by atoms with van der Waals surface area (Å²) in [6.45, 7) is 9.66. The summed E-state index contributed by atoms with van der Waals surface area (Å²) in [4.78, 5) is 2.42. The van der Waals surface area contributed by atoms with Crippen LogP contribution in [0.2, 0.25) is 0 Å². The highest BCUT2D eigenvalue weighted by Crippen LogP contribution is 2.37. The number of aliphatic hydroxyl groups excluding tert-OH is 2. The van der Waals surface area contributed by atoms with E-state index in [1.165, 1.54) is 12.0 Å². The number of allylic oxidation sites excluding steroid dienone is 2. The van der Waals surface area contributed by atoms with Gasteiger partial charge in [-0.1, -0.05) is 24.6 Å². The molecule has 0 saturated carbocycles. The maximum absolute atomic E-state index is 10.7. The molecule has 0 spiro atoms. The molecule has 0 aromatic rings. The average molecular weight is 323 g/mol. The molecule has 0 bridgehead atoms. The van der Waals surface area contributed by atoms with Crippen LogP contribution in [-0.4, -0.2) is 57.2 Å². The van der Waals surface area contributed by atoms with E-state index >= 15 is 0 Å². The molecule has 23 heavy (non-hydrogen) atoms. The van der Waals surface area contributed by atoms with Gasteiger partial charge >= 0.3 is 0 Å². The fourth-order valence-electron chi connectivity index (χ4n) is 4.07. The van der Waals surface area contributed by atoms with Gasteiger partial charge in [0.25, 0.3) is 0 Å². The highest BCUT2D eigenvalue weighted by Gasteiger charge is 2.43. The Kier molecular flexibility index (Phi) is 6.06. The standard InChI is InChI=1S/C19H33NO3/c1-13(7-8-14(2)18(22)15(3)21)10-16-11-19(4,23)17-6-5-9-20(17)12-16/h8,10,13,15,17-18,21-23H,5-7,9,11-12H2,1-4H3/b14-8+,16-10-/t13-,15+,17-,18+,19-/m0/s1. The van der Waals surface area contributed by atoms with Crippen LogP contribution >= 0.6 is 0 Å². The van der Waals surface area contributed by atoms with E-state index in [1.54, 1.807) is 6.92 Å². The second-order valence-electron chi connectivity index (χ2n) is 7.83. The number of rotatable bonds is 5. The Morgan fingerprint density at radius 2 is 2.09 bits per heavy atom. The van der Waals surface area contributed by atoms with Crippen LogP contribution in [0.5, 0.6) is 0 Å². The largest absolute Gasteiger partial charge is 0.390 e. The maximum Gasteiger partial charge on any atom is 0.100 e. The van der Waals surface area contributed by atoms with Gasteiger partial charge in [-0.3, -0.25) is 4.90 Å². The molecule has 0 unspecified atom stereocenters. The van der Waals surface area contributed by atoms with Gasteiger partial charge in [0.1, 0.15) is 6.10 Å². The molecule has 2 aliphatic heterocycles. The van der Waals surface area contributed by atoms with E-state index in [0.717, 1.165) is 37.9 Å². The third-order valence-corrected chi connectivity index (χ3v) is 5.33. The molecule has 0 amide bonds. The van der Waals surface area contributed by atoms with E-state index in [0.29, 0.717) is 12.0 Å². The first kappa shape index (κ1) is 18.7. The third kappa shape index (κ3) is 4.66.